The average Bonchev–Trinajstić information content (AvgIpc) is 2.17. The largest absolute Gasteiger partial charge is 0.458 e. The number of aromatic nitrogens is 1. The summed E-state index contributed by atoms with van der Waals surface area (Å²) in [6.07, 6.45) is 4.09. The Labute approximate surface area is 95.8 Å². The molecule has 4 heteroatoms. The van der Waals surface area contributed by atoms with Crippen LogP contribution < -0.4 is 5.73 Å². The number of nitrogens with two attached hydrogens (primary N) is 1. The van der Waals surface area contributed by atoms with E-state index >= 15 is 0 Å². The second kappa shape index (κ2) is 5.07. The standard InChI is InChI=1S/C12H18N2O2/c1-9(13)11(15)16-12(2,3)8-10-4-6-14-7-5-10/h4-7,9H,8,13H2,1-3H3/t9-/m0/s1. The molecule has 0 aliphatic rings. The molecule has 2 N–H and O–H groups in total. The highest BCUT2D eigenvalue weighted by atomic mass is 16.6. The second-order valence-electron chi connectivity index (χ2n) is 4.50. The van der Waals surface area contributed by atoms with Gasteiger partial charge in [0, 0.05) is 18.8 Å². The molecule has 1 rings (SSSR count). The molecule has 88 valence electrons. The number of rotatable bonds is 4. The van der Waals surface area contributed by atoms with Gasteiger partial charge in [-0.2, -0.15) is 0 Å². The Bertz CT molecular complexity index is 347. The Kier molecular flexibility index (Phi) is 4.01. The van der Waals surface area contributed by atoms with Crippen LogP contribution in [0, 0.1) is 0 Å². The van der Waals surface area contributed by atoms with E-state index in [9.17, 15) is 4.79 Å². The lowest BCUT2D eigenvalue weighted by Crippen LogP contribution is -2.38. The summed E-state index contributed by atoms with van der Waals surface area (Å²) in [5, 5.41) is 0. The predicted octanol–water partition coefficient (Wildman–Crippen LogP) is 1.29. The Balaban J connectivity index is 2.62. The minimum atomic E-state index is -0.586. The van der Waals surface area contributed by atoms with Crippen molar-refractivity contribution < 1.29 is 9.53 Å². The van der Waals surface area contributed by atoms with Crippen molar-refractivity contribution in [2.24, 2.45) is 5.73 Å². The Morgan fingerprint density at radius 1 is 1.50 bits per heavy atom. The minimum Gasteiger partial charge on any atom is -0.458 e. The second-order valence-corrected chi connectivity index (χ2v) is 4.50. The molecule has 0 radical (unpaired) electrons. The summed E-state index contributed by atoms with van der Waals surface area (Å²) in [5.41, 5.74) is 5.98. The molecule has 1 aromatic rings. The zero-order valence-electron chi connectivity index (χ0n) is 9.93. The van der Waals surface area contributed by atoms with Crippen molar-refractivity contribution in [1.29, 1.82) is 0 Å². The van der Waals surface area contributed by atoms with Crippen LogP contribution in [0.4, 0.5) is 0 Å². The van der Waals surface area contributed by atoms with Gasteiger partial charge in [0.25, 0.3) is 0 Å². The van der Waals surface area contributed by atoms with Crippen LogP contribution in [-0.2, 0) is 16.0 Å². The molecule has 0 amide bonds. The molecular weight excluding hydrogens is 204 g/mol. The molecule has 4 nitrogen and oxygen atoms in total. The van der Waals surface area contributed by atoms with Crippen molar-refractivity contribution in [2.75, 3.05) is 0 Å². The number of pyridine rings is 1. The molecule has 0 aliphatic heterocycles. The average molecular weight is 222 g/mol. The van der Waals surface area contributed by atoms with E-state index in [2.05, 4.69) is 4.98 Å². The van der Waals surface area contributed by atoms with E-state index in [0.29, 0.717) is 6.42 Å². The van der Waals surface area contributed by atoms with Crippen molar-refractivity contribution in [3.05, 3.63) is 30.1 Å². The summed E-state index contributed by atoms with van der Waals surface area (Å²) in [6.45, 7) is 5.35. The topological polar surface area (TPSA) is 65.2 Å². The van der Waals surface area contributed by atoms with E-state index in [1.807, 2.05) is 26.0 Å². The highest BCUT2D eigenvalue weighted by Crippen LogP contribution is 2.17. The number of carbonyl (C=O) groups excluding carboxylic acids is 1. The van der Waals surface area contributed by atoms with Gasteiger partial charge in [0.2, 0.25) is 0 Å². The maximum absolute atomic E-state index is 11.4. The van der Waals surface area contributed by atoms with Crippen LogP contribution in [0.15, 0.2) is 24.5 Å². The lowest BCUT2D eigenvalue weighted by molar-refractivity contribution is -0.157. The first kappa shape index (κ1) is 12.6. The third-order valence-electron chi connectivity index (χ3n) is 2.13. The molecule has 1 aromatic heterocycles. The van der Waals surface area contributed by atoms with Gasteiger partial charge in [-0.3, -0.25) is 9.78 Å². The molecule has 0 saturated heterocycles. The summed E-state index contributed by atoms with van der Waals surface area (Å²) in [4.78, 5) is 15.3. The van der Waals surface area contributed by atoms with Crippen molar-refractivity contribution in [3.8, 4) is 0 Å². The highest BCUT2D eigenvalue weighted by Gasteiger charge is 2.24. The quantitative estimate of drug-likeness (QED) is 0.780. The molecule has 1 atom stereocenters. The van der Waals surface area contributed by atoms with Gasteiger partial charge in [-0.25, -0.2) is 0 Å². The third-order valence-corrected chi connectivity index (χ3v) is 2.13. The summed E-state index contributed by atoms with van der Waals surface area (Å²) < 4.78 is 5.32. The Morgan fingerprint density at radius 3 is 2.56 bits per heavy atom. The first-order chi connectivity index (χ1) is 7.41. The lowest BCUT2D eigenvalue weighted by Gasteiger charge is -2.26. The third kappa shape index (κ3) is 3.98. The maximum Gasteiger partial charge on any atom is 0.323 e. The molecule has 0 aliphatic carbocycles. The van der Waals surface area contributed by atoms with Gasteiger partial charge < -0.3 is 10.5 Å². The molecule has 0 saturated carbocycles. The molecule has 0 bridgehead atoms. The summed E-state index contributed by atoms with van der Waals surface area (Å²) in [6, 6.07) is 3.22. The SMILES string of the molecule is C[C@H](N)C(=O)OC(C)(C)Cc1ccncc1. The Hall–Kier alpha value is -1.42. The van der Waals surface area contributed by atoms with Gasteiger partial charge in [-0.15, -0.1) is 0 Å². The smallest absolute Gasteiger partial charge is 0.323 e. The molecule has 0 spiro atoms. The van der Waals surface area contributed by atoms with E-state index in [-0.39, 0.29) is 5.97 Å². The molecule has 0 unspecified atom stereocenters. The normalized spacial score (nSPS) is 13.2. The first-order valence-electron chi connectivity index (χ1n) is 5.28. The van der Waals surface area contributed by atoms with Crippen molar-refractivity contribution in [1.82, 2.24) is 4.98 Å². The number of ether oxygens (including phenoxy) is 1. The van der Waals surface area contributed by atoms with Crippen LogP contribution in [0.2, 0.25) is 0 Å². The van der Waals surface area contributed by atoms with Crippen LogP contribution in [0.1, 0.15) is 26.3 Å². The summed E-state index contributed by atoms with van der Waals surface area (Å²) in [5.74, 6) is -0.376. The zero-order chi connectivity index (χ0) is 12.2. The fourth-order valence-corrected chi connectivity index (χ4v) is 1.39. The van der Waals surface area contributed by atoms with Gasteiger partial charge in [-0.05, 0) is 38.5 Å². The van der Waals surface area contributed by atoms with Crippen molar-refractivity contribution in [2.45, 2.75) is 38.8 Å². The molecule has 16 heavy (non-hydrogen) atoms. The number of hydrogen-bond acceptors (Lipinski definition) is 4. The zero-order valence-corrected chi connectivity index (χ0v) is 9.93. The number of hydrogen-bond donors (Lipinski definition) is 1. The fraction of sp³-hybridized carbons (Fsp3) is 0.500. The van der Waals surface area contributed by atoms with Crippen LogP contribution in [0.3, 0.4) is 0 Å². The number of carbonyl (C=O) groups is 1. The fourth-order valence-electron chi connectivity index (χ4n) is 1.39. The van der Waals surface area contributed by atoms with Gasteiger partial charge in [0.05, 0.1) is 0 Å². The van der Waals surface area contributed by atoms with Gasteiger partial charge >= 0.3 is 5.97 Å². The van der Waals surface area contributed by atoms with Crippen LogP contribution >= 0.6 is 0 Å². The predicted molar refractivity (Wildman–Crippen MR) is 61.8 cm³/mol. The van der Waals surface area contributed by atoms with E-state index < -0.39 is 11.6 Å². The lowest BCUT2D eigenvalue weighted by atomic mass is 9.99. The van der Waals surface area contributed by atoms with Gasteiger partial charge in [0.15, 0.2) is 0 Å². The van der Waals surface area contributed by atoms with Gasteiger partial charge in [-0.1, -0.05) is 0 Å². The van der Waals surface area contributed by atoms with Crippen LogP contribution in [0.5, 0.6) is 0 Å². The van der Waals surface area contributed by atoms with E-state index in [1.165, 1.54) is 0 Å². The van der Waals surface area contributed by atoms with Crippen LogP contribution in [-0.4, -0.2) is 22.6 Å². The van der Waals surface area contributed by atoms with Gasteiger partial charge in [0.1, 0.15) is 11.6 Å². The van der Waals surface area contributed by atoms with E-state index in [0.717, 1.165) is 5.56 Å². The number of esters is 1. The van der Waals surface area contributed by atoms with E-state index in [1.54, 1.807) is 19.3 Å². The van der Waals surface area contributed by atoms with Crippen molar-refractivity contribution >= 4 is 5.97 Å². The molecule has 1 heterocycles. The highest BCUT2D eigenvalue weighted by molar-refractivity contribution is 5.75. The first-order valence-corrected chi connectivity index (χ1v) is 5.28. The molecule has 0 fully saturated rings. The van der Waals surface area contributed by atoms with E-state index in [4.69, 9.17) is 10.5 Å². The van der Waals surface area contributed by atoms with Crippen LogP contribution in [0.25, 0.3) is 0 Å². The maximum atomic E-state index is 11.4. The Morgan fingerprint density at radius 2 is 2.06 bits per heavy atom. The number of nitrogens with zero attached hydrogens (tertiary/aromatic N) is 1. The monoisotopic (exact) mass is 222 g/mol. The minimum absolute atomic E-state index is 0.376. The molecule has 0 aromatic carbocycles. The molecular formula is C12H18N2O2. The summed E-state index contributed by atoms with van der Waals surface area (Å²) >= 11 is 0. The summed E-state index contributed by atoms with van der Waals surface area (Å²) in [7, 11) is 0. The van der Waals surface area contributed by atoms with Crippen molar-refractivity contribution in [3.63, 3.8) is 0 Å².